The molecule has 0 saturated carbocycles. The monoisotopic (exact) mass is 648 g/mol. The van der Waals surface area contributed by atoms with Gasteiger partial charge in [-0.15, -0.1) is 10.2 Å². The molecule has 250 valence electrons. The molecule has 11 nitrogen and oxygen atoms in total. The van der Waals surface area contributed by atoms with Crippen LogP contribution in [0, 0.1) is 0 Å². The number of aliphatic hydroxyl groups excluding tert-OH is 1. The second-order valence-electron chi connectivity index (χ2n) is 14.0. The molecule has 7 rings (SSSR count). The quantitative estimate of drug-likeness (QED) is 0.181. The van der Waals surface area contributed by atoms with Crippen molar-refractivity contribution in [2.75, 3.05) is 18.9 Å². The lowest BCUT2D eigenvalue weighted by Crippen LogP contribution is -2.36. The van der Waals surface area contributed by atoms with Crippen LogP contribution in [0.1, 0.15) is 99.3 Å². The van der Waals surface area contributed by atoms with E-state index < -0.39 is 0 Å². The lowest BCUT2D eigenvalue weighted by Gasteiger charge is -2.32. The molecule has 3 N–H and O–H groups in total. The van der Waals surface area contributed by atoms with Gasteiger partial charge in [0, 0.05) is 11.5 Å². The molecule has 2 aliphatic rings. The van der Waals surface area contributed by atoms with Gasteiger partial charge in [-0.05, 0) is 80.2 Å². The van der Waals surface area contributed by atoms with Crippen molar-refractivity contribution in [3.63, 3.8) is 0 Å². The fourth-order valence-electron chi connectivity index (χ4n) is 6.86. The number of aliphatic hydroxyl groups is 1. The van der Waals surface area contributed by atoms with Gasteiger partial charge in [0.05, 0.1) is 36.3 Å². The maximum atomic E-state index is 13.5. The Hall–Kier alpha value is -4.74. The number of benzene rings is 2. The van der Waals surface area contributed by atoms with E-state index in [1.807, 2.05) is 60.8 Å². The fraction of sp³-hybridized carbons (Fsp3) is 0.405. The number of fused-ring (bicyclic) bond motifs is 2. The van der Waals surface area contributed by atoms with E-state index in [0.29, 0.717) is 5.82 Å². The van der Waals surface area contributed by atoms with Gasteiger partial charge in [-0.1, -0.05) is 63.6 Å². The van der Waals surface area contributed by atoms with Gasteiger partial charge in [0.2, 0.25) is 0 Å². The van der Waals surface area contributed by atoms with Crippen molar-refractivity contribution >= 4 is 17.5 Å². The van der Waals surface area contributed by atoms with Crippen LogP contribution >= 0.6 is 0 Å². The van der Waals surface area contributed by atoms with Crippen LogP contribution in [-0.4, -0.2) is 54.0 Å². The molecule has 1 aliphatic carbocycles. The smallest absolute Gasteiger partial charge is 0.320 e. The molecule has 11 heteroatoms. The molecule has 48 heavy (non-hydrogen) atoms. The van der Waals surface area contributed by atoms with Crippen LogP contribution in [0.2, 0.25) is 0 Å². The zero-order chi connectivity index (χ0) is 33.4. The average molecular weight is 649 g/mol. The number of hydrogen-bond acceptors (Lipinski definition) is 7. The van der Waals surface area contributed by atoms with Gasteiger partial charge in [0.25, 0.3) is 0 Å². The normalized spacial score (nSPS) is 20.0. The van der Waals surface area contributed by atoms with Crippen molar-refractivity contribution in [3.8, 4) is 11.4 Å². The first-order valence-electron chi connectivity index (χ1n) is 16.9. The van der Waals surface area contributed by atoms with E-state index in [0.717, 1.165) is 71.1 Å². The van der Waals surface area contributed by atoms with Crippen LogP contribution in [-0.2, 0) is 12.0 Å². The lowest BCUT2D eigenvalue weighted by atomic mass is 9.85. The summed E-state index contributed by atoms with van der Waals surface area (Å²) in [4.78, 5) is 15.9. The number of urea groups is 1. The van der Waals surface area contributed by atoms with Crippen LogP contribution in [0.5, 0.6) is 5.75 Å². The Bertz CT molecular complexity index is 1910. The molecule has 0 spiro atoms. The number of likely N-dealkylation sites (tertiary alicyclic amines) is 1. The maximum absolute atomic E-state index is 13.5. The van der Waals surface area contributed by atoms with Crippen LogP contribution in [0.15, 0.2) is 72.9 Å². The summed E-state index contributed by atoms with van der Waals surface area (Å²) in [6.45, 7) is 7.30. The Kier molecular flexibility index (Phi) is 8.65. The summed E-state index contributed by atoms with van der Waals surface area (Å²) in [5, 5.41) is 29.6. The van der Waals surface area contributed by atoms with Crippen LogP contribution in [0.25, 0.3) is 11.3 Å². The van der Waals surface area contributed by atoms with E-state index in [9.17, 15) is 9.90 Å². The molecule has 3 aromatic heterocycles. The molecule has 5 aromatic rings. The highest BCUT2D eigenvalue weighted by molar-refractivity contribution is 5.89. The average Bonchev–Trinajstić information content (AvgIpc) is 3.71. The number of pyridine rings is 1. The summed E-state index contributed by atoms with van der Waals surface area (Å²) in [5.74, 6) is 2.29. The number of piperidine rings is 1. The minimum absolute atomic E-state index is 0.0363. The van der Waals surface area contributed by atoms with Crippen LogP contribution in [0.3, 0.4) is 0 Å². The van der Waals surface area contributed by atoms with Gasteiger partial charge in [-0.3, -0.25) is 14.6 Å². The van der Waals surface area contributed by atoms with E-state index in [4.69, 9.17) is 9.84 Å². The number of amides is 2. The minimum Gasteiger partial charge on any atom is -0.484 e. The molecule has 1 aliphatic heterocycles. The number of rotatable bonds is 7. The largest absolute Gasteiger partial charge is 0.484 e. The number of hydrogen-bond donors (Lipinski definition) is 3. The third-order valence-electron chi connectivity index (χ3n) is 9.57. The molecule has 0 bridgehead atoms. The van der Waals surface area contributed by atoms with E-state index in [1.165, 1.54) is 12.8 Å². The Balaban J connectivity index is 1.09. The summed E-state index contributed by atoms with van der Waals surface area (Å²) in [6.07, 6.45) is 6.78. The third kappa shape index (κ3) is 6.40. The second kappa shape index (κ2) is 13.0. The number of carbonyl (C=O) groups is 1. The minimum atomic E-state index is -0.305. The second-order valence-corrected chi connectivity index (χ2v) is 14.0. The summed E-state index contributed by atoms with van der Waals surface area (Å²) in [6, 6.07) is 21.3. The van der Waals surface area contributed by atoms with Crippen molar-refractivity contribution in [1.29, 1.82) is 0 Å². The third-order valence-corrected chi connectivity index (χ3v) is 9.57. The summed E-state index contributed by atoms with van der Waals surface area (Å²) in [7, 11) is 2.16. The van der Waals surface area contributed by atoms with Crippen LogP contribution < -0.4 is 15.4 Å². The van der Waals surface area contributed by atoms with Crippen molar-refractivity contribution in [2.24, 2.45) is 0 Å². The topological polar surface area (TPSA) is 122 Å². The molecule has 2 amide bonds. The number of anilines is 1. The number of nitrogens with one attached hydrogen (secondary N) is 2. The van der Waals surface area contributed by atoms with Crippen molar-refractivity contribution in [3.05, 3.63) is 101 Å². The number of aromatic nitrogens is 5. The van der Waals surface area contributed by atoms with Crippen molar-refractivity contribution in [2.45, 2.75) is 83.1 Å². The number of carbonyl (C=O) groups excluding carboxylic acids is 1. The molecule has 0 unspecified atom stereocenters. The number of nitrogens with zero attached hydrogens (tertiary/aromatic N) is 6. The van der Waals surface area contributed by atoms with Gasteiger partial charge < -0.3 is 15.2 Å². The summed E-state index contributed by atoms with van der Waals surface area (Å²) >= 11 is 0. The Labute approximate surface area is 280 Å². The van der Waals surface area contributed by atoms with Crippen molar-refractivity contribution in [1.82, 2.24) is 34.6 Å². The molecule has 1 saturated heterocycles. The summed E-state index contributed by atoms with van der Waals surface area (Å²) in [5.41, 5.74) is 5.17. The van der Waals surface area contributed by atoms with Gasteiger partial charge in [-0.2, -0.15) is 5.10 Å². The van der Waals surface area contributed by atoms with E-state index in [2.05, 4.69) is 70.1 Å². The lowest BCUT2D eigenvalue weighted by molar-refractivity contribution is 0.170. The van der Waals surface area contributed by atoms with E-state index >= 15 is 0 Å². The van der Waals surface area contributed by atoms with Gasteiger partial charge in [-0.25, -0.2) is 9.48 Å². The molecule has 1 fully saturated rings. The summed E-state index contributed by atoms with van der Waals surface area (Å²) < 4.78 is 10.5. The Morgan fingerprint density at radius 1 is 0.979 bits per heavy atom. The standard InChI is InChI=1S/C37H44N8O3/c1-37(2,3)32-21-34(45(42-32)25-14-12-24(23-46)13-15-25)39-36(47)38-29-17-18-31(28-10-6-5-9-27(28)29)48-26-16-19-33-40-41-35(44(33)22-26)30-11-7-8-20-43(30)4/h5-6,9-10,12-16,19,21-22,29-31,46H,7-8,11,17-18,20,23H2,1-4H3,(H2,38,39,47)/t29-,30-,31+/m0/s1. The maximum Gasteiger partial charge on any atom is 0.320 e. The first-order chi connectivity index (χ1) is 23.2. The highest BCUT2D eigenvalue weighted by Crippen LogP contribution is 2.39. The first-order valence-corrected chi connectivity index (χ1v) is 16.9. The molecule has 3 atom stereocenters. The first kappa shape index (κ1) is 31.8. The number of ether oxygens (including phenoxy) is 1. The van der Waals surface area contributed by atoms with Gasteiger partial charge in [0.15, 0.2) is 11.5 Å². The highest BCUT2D eigenvalue weighted by Gasteiger charge is 2.31. The molecule has 4 heterocycles. The fourth-order valence-corrected chi connectivity index (χ4v) is 6.86. The predicted octanol–water partition coefficient (Wildman–Crippen LogP) is 6.64. The van der Waals surface area contributed by atoms with E-state index in [1.54, 1.807) is 4.68 Å². The SMILES string of the molecule is CN1CCCC[C@H]1c1nnc2ccc(O[C@@H]3CC[C@H](NC(=O)Nc4cc(C(C)(C)C)nn4-c4ccc(CO)cc4)c4ccccc43)cn12. The highest BCUT2D eigenvalue weighted by atomic mass is 16.5. The zero-order valence-electron chi connectivity index (χ0n) is 28.1. The van der Waals surface area contributed by atoms with Gasteiger partial charge in [0.1, 0.15) is 17.7 Å². The van der Waals surface area contributed by atoms with Crippen LogP contribution in [0.4, 0.5) is 10.6 Å². The zero-order valence-corrected chi connectivity index (χ0v) is 28.1. The van der Waals surface area contributed by atoms with E-state index in [-0.39, 0.29) is 36.2 Å². The van der Waals surface area contributed by atoms with Gasteiger partial charge >= 0.3 is 6.03 Å². The molecular weight excluding hydrogens is 604 g/mol. The molecular formula is C37H44N8O3. The Morgan fingerprint density at radius 3 is 2.52 bits per heavy atom. The van der Waals surface area contributed by atoms with Crippen molar-refractivity contribution < 1.29 is 14.6 Å². The Morgan fingerprint density at radius 2 is 1.77 bits per heavy atom. The predicted molar refractivity (Wildman–Crippen MR) is 184 cm³/mol. The molecule has 2 aromatic carbocycles. The molecule has 0 radical (unpaired) electrons.